The van der Waals surface area contributed by atoms with E-state index in [0.29, 0.717) is 34.4 Å². The standard InChI is InChI=1S/C25H27N5O4S/c1-15-12-23(16(2)11-22(15)33-6)35(31,32)29-20-7-9-21(10-8-20)34-25-13-24(26-14-27-25)30-19(5)17(3)18(4)28-30/h7-14,29H,1-6H3. The minimum absolute atomic E-state index is 0.198. The zero-order valence-corrected chi connectivity index (χ0v) is 21.3. The molecule has 0 bridgehead atoms. The van der Waals surface area contributed by atoms with Gasteiger partial charge in [-0.1, -0.05) is 0 Å². The molecule has 4 rings (SSSR count). The fraction of sp³-hybridized carbons (Fsp3) is 0.240. The molecule has 2 heterocycles. The average Bonchev–Trinajstić information content (AvgIpc) is 3.08. The Morgan fingerprint density at radius 3 is 2.26 bits per heavy atom. The maximum atomic E-state index is 13.0. The summed E-state index contributed by atoms with van der Waals surface area (Å²) in [7, 11) is -2.23. The van der Waals surface area contributed by atoms with Gasteiger partial charge in [0.25, 0.3) is 10.0 Å². The minimum Gasteiger partial charge on any atom is -0.496 e. The first-order valence-electron chi connectivity index (χ1n) is 10.9. The quantitative estimate of drug-likeness (QED) is 0.394. The van der Waals surface area contributed by atoms with Crippen LogP contribution in [0.3, 0.4) is 0 Å². The molecule has 0 aliphatic carbocycles. The highest BCUT2D eigenvalue weighted by molar-refractivity contribution is 7.92. The summed E-state index contributed by atoms with van der Waals surface area (Å²) in [4.78, 5) is 8.67. The van der Waals surface area contributed by atoms with Gasteiger partial charge >= 0.3 is 0 Å². The lowest BCUT2D eigenvalue weighted by atomic mass is 10.1. The van der Waals surface area contributed by atoms with Crippen molar-refractivity contribution in [1.82, 2.24) is 19.7 Å². The van der Waals surface area contributed by atoms with E-state index in [1.807, 2.05) is 20.8 Å². The van der Waals surface area contributed by atoms with Crippen molar-refractivity contribution in [2.24, 2.45) is 0 Å². The van der Waals surface area contributed by atoms with Crippen LogP contribution in [0.1, 0.15) is 28.1 Å². The number of benzene rings is 2. The lowest BCUT2D eigenvalue weighted by molar-refractivity contribution is 0.411. The van der Waals surface area contributed by atoms with Gasteiger partial charge in [0.05, 0.1) is 17.7 Å². The molecule has 35 heavy (non-hydrogen) atoms. The van der Waals surface area contributed by atoms with Crippen molar-refractivity contribution in [2.45, 2.75) is 39.5 Å². The second kappa shape index (κ2) is 9.38. The SMILES string of the molecule is COc1cc(C)c(S(=O)(=O)Nc2ccc(Oc3cc(-n4nc(C)c(C)c4C)ncn3)cc2)cc1C. The number of ether oxygens (including phenoxy) is 2. The van der Waals surface area contributed by atoms with Crippen LogP contribution in [0.25, 0.3) is 5.82 Å². The van der Waals surface area contributed by atoms with Gasteiger partial charge in [0.15, 0.2) is 5.82 Å². The van der Waals surface area contributed by atoms with Crippen LogP contribution in [0, 0.1) is 34.6 Å². The van der Waals surface area contributed by atoms with E-state index in [0.717, 1.165) is 22.5 Å². The molecule has 1 N–H and O–H groups in total. The van der Waals surface area contributed by atoms with Crippen LogP contribution in [0.5, 0.6) is 17.4 Å². The molecule has 2 aromatic heterocycles. The van der Waals surface area contributed by atoms with Crippen LogP contribution in [0.4, 0.5) is 5.69 Å². The van der Waals surface area contributed by atoms with E-state index in [9.17, 15) is 8.42 Å². The van der Waals surface area contributed by atoms with E-state index in [4.69, 9.17) is 9.47 Å². The molecule has 9 nitrogen and oxygen atoms in total. The number of aromatic nitrogens is 4. The zero-order valence-electron chi connectivity index (χ0n) is 20.4. The largest absolute Gasteiger partial charge is 0.496 e. The second-order valence-electron chi connectivity index (χ2n) is 8.24. The molecule has 0 radical (unpaired) electrons. The van der Waals surface area contributed by atoms with Gasteiger partial charge in [0.1, 0.15) is 17.8 Å². The predicted molar refractivity (Wildman–Crippen MR) is 133 cm³/mol. The van der Waals surface area contributed by atoms with Gasteiger partial charge in [-0.2, -0.15) is 5.10 Å². The molecule has 0 amide bonds. The third kappa shape index (κ3) is 4.97. The van der Waals surface area contributed by atoms with E-state index < -0.39 is 10.0 Å². The molecule has 0 saturated heterocycles. The number of nitrogens with one attached hydrogen (secondary N) is 1. The fourth-order valence-corrected chi connectivity index (χ4v) is 5.01. The normalized spacial score (nSPS) is 11.4. The van der Waals surface area contributed by atoms with Crippen molar-refractivity contribution in [3.05, 3.63) is 76.9 Å². The third-order valence-electron chi connectivity index (χ3n) is 5.81. The Morgan fingerprint density at radius 1 is 0.914 bits per heavy atom. The molecule has 0 aliphatic heterocycles. The molecular formula is C25H27N5O4S. The van der Waals surface area contributed by atoms with Crippen molar-refractivity contribution in [3.8, 4) is 23.2 Å². The Hall–Kier alpha value is -3.92. The zero-order chi connectivity index (χ0) is 25.3. The van der Waals surface area contributed by atoms with Gasteiger partial charge in [0.2, 0.25) is 5.88 Å². The molecule has 0 fully saturated rings. The van der Waals surface area contributed by atoms with E-state index in [-0.39, 0.29) is 4.90 Å². The summed E-state index contributed by atoms with van der Waals surface area (Å²) in [5, 5.41) is 4.52. The van der Waals surface area contributed by atoms with Crippen LogP contribution in [-0.2, 0) is 10.0 Å². The highest BCUT2D eigenvalue weighted by Crippen LogP contribution is 2.28. The van der Waals surface area contributed by atoms with Crippen molar-refractivity contribution < 1.29 is 17.9 Å². The van der Waals surface area contributed by atoms with E-state index in [2.05, 4.69) is 19.8 Å². The summed E-state index contributed by atoms with van der Waals surface area (Å²) < 4.78 is 41.4. The second-order valence-corrected chi connectivity index (χ2v) is 9.89. The van der Waals surface area contributed by atoms with Crippen LogP contribution in [-0.4, -0.2) is 35.3 Å². The van der Waals surface area contributed by atoms with Crippen LogP contribution < -0.4 is 14.2 Å². The number of anilines is 1. The predicted octanol–water partition coefficient (Wildman–Crippen LogP) is 4.81. The summed E-state index contributed by atoms with van der Waals surface area (Å²) in [5.41, 5.74) is 4.77. The lowest BCUT2D eigenvalue weighted by Gasteiger charge is -2.14. The Bertz CT molecular complexity index is 1500. The summed E-state index contributed by atoms with van der Waals surface area (Å²) >= 11 is 0. The average molecular weight is 494 g/mol. The topological polar surface area (TPSA) is 108 Å². The number of sulfonamides is 1. The first-order chi connectivity index (χ1) is 16.6. The van der Waals surface area contributed by atoms with Crippen LogP contribution >= 0.6 is 0 Å². The van der Waals surface area contributed by atoms with E-state index in [1.165, 1.54) is 6.33 Å². The molecule has 182 valence electrons. The third-order valence-corrected chi connectivity index (χ3v) is 7.33. The Balaban J connectivity index is 1.51. The highest BCUT2D eigenvalue weighted by atomic mass is 32.2. The van der Waals surface area contributed by atoms with Gasteiger partial charge in [-0.25, -0.2) is 23.1 Å². The molecule has 2 aromatic carbocycles. The number of aryl methyl sites for hydroxylation is 3. The molecule has 4 aromatic rings. The fourth-order valence-electron chi connectivity index (χ4n) is 3.64. The molecule has 10 heteroatoms. The smallest absolute Gasteiger partial charge is 0.262 e. The van der Waals surface area contributed by atoms with Gasteiger partial charge in [-0.05, 0) is 87.7 Å². The Kier molecular flexibility index (Phi) is 6.49. The van der Waals surface area contributed by atoms with Crippen molar-refractivity contribution in [2.75, 3.05) is 11.8 Å². The lowest BCUT2D eigenvalue weighted by Crippen LogP contribution is -2.14. The molecule has 0 atom stereocenters. The van der Waals surface area contributed by atoms with Crippen molar-refractivity contribution in [3.63, 3.8) is 0 Å². The Morgan fingerprint density at radius 2 is 1.63 bits per heavy atom. The van der Waals surface area contributed by atoms with Gasteiger partial charge in [-0.15, -0.1) is 0 Å². The van der Waals surface area contributed by atoms with Crippen molar-refractivity contribution in [1.29, 1.82) is 0 Å². The van der Waals surface area contributed by atoms with Crippen LogP contribution in [0.15, 0.2) is 53.7 Å². The highest BCUT2D eigenvalue weighted by Gasteiger charge is 2.19. The molecule has 0 saturated carbocycles. The van der Waals surface area contributed by atoms with E-state index >= 15 is 0 Å². The Labute approximate surface area is 204 Å². The maximum Gasteiger partial charge on any atom is 0.262 e. The molecular weight excluding hydrogens is 466 g/mol. The van der Waals surface area contributed by atoms with Gasteiger partial charge in [0, 0.05) is 17.4 Å². The van der Waals surface area contributed by atoms with Crippen LogP contribution in [0.2, 0.25) is 0 Å². The first-order valence-corrected chi connectivity index (χ1v) is 12.4. The first kappa shape index (κ1) is 24.2. The number of hydrogen-bond donors (Lipinski definition) is 1. The molecule has 0 spiro atoms. The monoisotopic (exact) mass is 493 g/mol. The summed E-state index contributed by atoms with van der Waals surface area (Å²) in [6.45, 7) is 9.48. The minimum atomic E-state index is -3.78. The summed E-state index contributed by atoms with van der Waals surface area (Å²) in [5.74, 6) is 2.08. The molecule has 0 unspecified atom stereocenters. The van der Waals surface area contributed by atoms with E-state index in [1.54, 1.807) is 68.1 Å². The molecule has 0 aliphatic rings. The number of hydrogen-bond acceptors (Lipinski definition) is 7. The summed E-state index contributed by atoms with van der Waals surface area (Å²) in [6.07, 6.45) is 1.41. The van der Waals surface area contributed by atoms with Gasteiger partial charge in [-0.3, -0.25) is 4.72 Å². The number of rotatable bonds is 7. The van der Waals surface area contributed by atoms with Crippen molar-refractivity contribution >= 4 is 15.7 Å². The number of nitrogens with zero attached hydrogens (tertiary/aromatic N) is 4. The maximum absolute atomic E-state index is 13.0. The number of methoxy groups -OCH3 is 1. The summed E-state index contributed by atoms with van der Waals surface area (Å²) in [6, 6.07) is 11.6. The van der Waals surface area contributed by atoms with Gasteiger partial charge < -0.3 is 9.47 Å².